The largest absolute Gasteiger partial charge is 0.481 e. The van der Waals surface area contributed by atoms with E-state index in [1.165, 1.54) is 0 Å². The molecule has 0 radical (unpaired) electrons. The van der Waals surface area contributed by atoms with Crippen LogP contribution in [0.2, 0.25) is 0 Å². The van der Waals surface area contributed by atoms with E-state index in [2.05, 4.69) is 10.6 Å². The molecule has 0 aromatic carbocycles. The summed E-state index contributed by atoms with van der Waals surface area (Å²) in [5.41, 5.74) is -0.942. The van der Waals surface area contributed by atoms with Crippen LogP contribution in [-0.4, -0.2) is 86.2 Å². The SMILES string of the molecule is CC(C)C[C@H](NC(=O)[C@H](CCC(=O)O)NC(=O)OC(C)(C)C)C(=O)N[C@H](CC(F)F)C(O)(O)C(=O)O. The van der Waals surface area contributed by atoms with Crippen molar-refractivity contribution >= 4 is 29.8 Å². The molecule has 3 amide bonds. The Morgan fingerprint density at radius 3 is 1.81 bits per heavy atom. The molecule has 0 saturated heterocycles. The van der Waals surface area contributed by atoms with Crippen LogP contribution in [0.1, 0.15) is 60.3 Å². The smallest absolute Gasteiger partial charge is 0.408 e. The minimum atomic E-state index is -3.74. The maximum Gasteiger partial charge on any atom is 0.408 e. The molecule has 0 rings (SSSR count). The van der Waals surface area contributed by atoms with Gasteiger partial charge in [-0.3, -0.25) is 14.4 Å². The first-order valence-electron chi connectivity index (χ1n) is 11.0. The minimum Gasteiger partial charge on any atom is -0.481 e. The molecular formula is C21H35F2N3O10. The number of amides is 3. The molecule has 15 heteroatoms. The fraction of sp³-hybridized carbons (Fsp3) is 0.762. The van der Waals surface area contributed by atoms with Gasteiger partial charge in [0.05, 0.1) is 6.04 Å². The number of aliphatic hydroxyl groups is 2. The zero-order valence-corrected chi connectivity index (χ0v) is 20.7. The van der Waals surface area contributed by atoms with E-state index in [9.17, 15) is 43.0 Å². The van der Waals surface area contributed by atoms with Gasteiger partial charge in [0.2, 0.25) is 18.2 Å². The summed E-state index contributed by atoms with van der Waals surface area (Å²) in [6, 6.07) is -5.30. The summed E-state index contributed by atoms with van der Waals surface area (Å²) in [6.45, 7) is 7.94. The van der Waals surface area contributed by atoms with E-state index in [0.717, 1.165) is 0 Å². The van der Waals surface area contributed by atoms with Crippen LogP contribution in [0.15, 0.2) is 0 Å². The quantitative estimate of drug-likeness (QED) is 0.152. The molecule has 0 saturated carbocycles. The van der Waals surface area contributed by atoms with Crippen molar-refractivity contribution in [1.82, 2.24) is 16.0 Å². The Hall–Kier alpha value is -3.07. The lowest BCUT2D eigenvalue weighted by molar-refractivity contribution is -0.216. The van der Waals surface area contributed by atoms with Crippen LogP contribution >= 0.6 is 0 Å². The number of alkyl halides is 2. The third-order valence-electron chi connectivity index (χ3n) is 4.53. The summed E-state index contributed by atoms with van der Waals surface area (Å²) in [5.74, 6) is -9.79. The standard InChI is InChI=1S/C21H35F2N3O10/c1-10(2)8-12(17(30)26-13(9-14(22)23)21(34,35)18(31)32)24-16(29)11(6-7-15(27)28)25-19(33)36-20(3,4)5/h10-14,34-35H,6-9H2,1-5H3,(H,24,29)(H,25,33)(H,26,30)(H,27,28)(H,31,32)/t11-,12-,13+/m0/s1. The second-order valence-electron chi connectivity index (χ2n) is 9.54. The van der Waals surface area contributed by atoms with Crippen molar-refractivity contribution < 1.29 is 57.9 Å². The van der Waals surface area contributed by atoms with Crippen molar-refractivity contribution in [2.45, 2.75) is 96.2 Å². The number of carbonyl (C=O) groups excluding carboxylic acids is 3. The monoisotopic (exact) mass is 527 g/mol. The van der Waals surface area contributed by atoms with Gasteiger partial charge in [0, 0.05) is 12.8 Å². The Kier molecular flexibility index (Phi) is 12.7. The van der Waals surface area contributed by atoms with Crippen molar-refractivity contribution in [2.24, 2.45) is 5.92 Å². The minimum absolute atomic E-state index is 0.103. The summed E-state index contributed by atoms with van der Waals surface area (Å²) in [5, 5.41) is 43.6. The number of aliphatic carboxylic acids is 2. The molecule has 0 unspecified atom stereocenters. The highest BCUT2D eigenvalue weighted by molar-refractivity contribution is 5.92. The number of carboxylic acids is 2. The number of ether oxygens (including phenoxy) is 1. The van der Waals surface area contributed by atoms with E-state index in [-0.39, 0.29) is 18.8 Å². The van der Waals surface area contributed by atoms with Gasteiger partial charge in [-0.1, -0.05) is 13.8 Å². The Morgan fingerprint density at radius 1 is 0.861 bits per heavy atom. The first-order valence-corrected chi connectivity index (χ1v) is 11.0. The molecule has 13 nitrogen and oxygen atoms in total. The average Bonchev–Trinajstić information content (AvgIpc) is 2.67. The van der Waals surface area contributed by atoms with Crippen molar-refractivity contribution in [3.05, 3.63) is 0 Å². The maximum absolute atomic E-state index is 12.9. The zero-order valence-electron chi connectivity index (χ0n) is 20.7. The third-order valence-corrected chi connectivity index (χ3v) is 4.53. The molecule has 3 atom stereocenters. The Labute approximate surface area is 206 Å². The highest BCUT2D eigenvalue weighted by atomic mass is 19.3. The normalized spacial score (nSPS) is 14.5. The number of carbonyl (C=O) groups is 5. The topological polar surface area (TPSA) is 212 Å². The van der Waals surface area contributed by atoms with E-state index < -0.39 is 78.6 Å². The molecule has 0 fully saturated rings. The fourth-order valence-corrected chi connectivity index (χ4v) is 2.89. The van der Waals surface area contributed by atoms with Crippen LogP contribution in [0.5, 0.6) is 0 Å². The van der Waals surface area contributed by atoms with E-state index in [0.29, 0.717) is 0 Å². The van der Waals surface area contributed by atoms with Crippen LogP contribution in [0.4, 0.5) is 13.6 Å². The number of rotatable bonds is 14. The summed E-state index contributed by atoms with van der Waals surface area (Å²) in [4.78, 5) is 59.8. The lowest BCUT2D eigenvalue weighted by atomic mass is 9.99. The number of halogens is 2. The van der Waals surface area contributed by atoms with E-state index in [1.54, 1.807) is 34.6 Å². The van der Waals surface area contributed by atoms with Crippen LogP contribution in [0.25, 0.3) is 0 Å². The lowest BCUT2D eigenvalue weighted by Gasteiger charge is -2.30. The van der Waals surface area contributed by atoms with E-state index in [4.69, 9.17) is 14.9 Å². The number of carboxylic acid groups (broad SMARTS) is 2. The van der Waals surface area contributed by atoms with Gasteiger partial charge in [-0.2, -0.15) is 0 Å². The molecule has 7 N–H and O–H groups in total. The van der Waals surface area contributed by atoms with Crippen molar-refractivity contribution in [2.75, 3.05) is 0 Å². The van der Waals surface area contributed by atoms with Crippen LogP contribution < -0.4 is 16.0 Å². The predicted molar refractivity (Wildman–Crippen MR) is 119 cm³/mol. The van der Waals surface area contributed by atoms with E-state index in [1.807, 2.05) is 5.32 Å². The molecule has 0 aliphatic carbocycles. The molecule has 208 valence electrons. The molecule has 0 aliphatic rings. The molecule has 0 spiro atoms. The number of alkyl carbamates (subject to hydrolysis) is 1. The van der Waals surface area contributed by atoms with Crippen LogP contribution in [0, 0.1) is 5.92 Å². The Balaban J connectivity index is 5.80. The van der Waals surface area contributed by atoms with Crippen LogP contribution in [-0.2, 0) is 23.9 Å². The lowest BCUT2D eigenvalue weighted by Crippen LogP contribution is -2.62. The molecule has 0 bridgehead atoms. The van der Waals surface area contributed by atoms with Gasteiger partial charge < -0.3 is 41.1 Å². The first-order chi connectivity index (χ1) is 16.3. The zero-order chi connectivity index (χ0) is 28.4. The number of nitrogens with one attached hydrogen (secondary N) is 3. The van der Waals surface area contributed by atoms with Gasteiger partial charge >= 0.3 is 18.0 Å². The summed E-state index contributed by atoms with van der Waals surface area (Å²) >= 11 is 0. The molecule has 0 aromatic rings. The van der Waals surface area contributed by atoms with Gasteiger partial charge in [-0.15, -0.1) is 0 Å². The van der Waals surface area contributed by atoms with Crippen molar-refractivity contribution in [3.8, 4) is 0 Å². The third kappa shape index (κ3) is 12.6. The van der Waals surface area contributed by atoms with Gasteiger partial charge in [-0.25, -0.2) is 18.4 Å². The van der Waals surface area contributed by atoms with Gasteiger partial charge in [-0.05, 0) is 39.5 Å². The summed E-state index contributed by atoms with van der Waals surface area (Å²) < 4.78 is 30.9. The molecule has 36 heavy (non-hydrogen) atoms. The van der Waals surface area contributed by atoms with Crippen molar-refractivity contribution in [3.63, 3.8) is 0 Å². The summed E-state index contributed by atoms with van der Waals surface area (Å²) in [7, 11) is 0. The molecule has 0 heterocycles. The second kappa shape index (κ2) is 13.9. The van der Waals surface area contributed by atoms with E-state index >= 15 is 0 Å². The number of hydrogen-bond donors (Lipinski definition) is 7. The van der Waals surface area contributed by atoms with Gasteiger partial charge in [0.1, 0.15) is 17.7 Å². The van der Waals surface area contributed by atoms with Crippen molar-refractivity contribution in [1.29, 1.82) is 0 Å². The fourth-order valence-electron chi connectivity index (χ4n) is 2.89. The molecular weight excluding hydrogens is 492 g/mol. The maximum atomic E-state index is 12.9. The van der Waals surface area contributed by atoms with Crippen LogP contribution in [0.3, 0.4) is 0 Å². The number of hydrogen-bond acceptors (Lipinski definition) is 8. The Bertz CT molecular complexity index is 799. The molecule has 0 aliphatic heterocycles. The van der Waals surface area contributed by atoms with Gasteiger partial charge in [0.15, 0.2) is 0 Å². The van der Waals surface area contributed by atoms with Gasteiger partial charge in [0.25, 0.3) is 5.79 Å². The first kappa shape index (κ1) is 32.9. The Morgan fingerprint density at radius 2 is 1.39 bits per heavy atom. The summed E-state index contributed by atoms with van der Waals surface area (Å²) in [6.07, 6.45) is -6.71. The highest BCUT2D eigenvalue weighted by Crippen LogP contribution is 2.17. The average molecular weight is 528 g/mol. The second-order valence-corrected chi connectivity index (χ2v) is 9.54. The predicted octanol–water partition coefficient (Wildman–Crippen LogP) is 0.181. The highest BCUT2D eigenvalue weighted by Gasteiger charge is 2.45. The molecule has 0 aromatic heterocycles.